The number of esters is 1. The fourth-order valence-electron chi connectivity index (χ4n) is 1.90. The highest BCUT2D eigenvalue weighted by atomic mass is 16.5. The van der Waals surface area contributed by atoms with Crippen LogP contribution in [0.2, 0.25) is 0 Å². The van der Waals surface area contributed by atoms with Crippen LogP contribution in [-0.4, -0.2) is 23.7 Å². The first-order valence-corrected chi connectivity index (χ1v) is 6.83. The van der Waals surface area contributed by atoms with Crippen LogP contribution >= 0.6 is 0 Å². The molecule has 0 aliphatic heterocycles. The third kappa shape index (κ3) is 3.85. The number of carbonyl (C=O) groups excluding carboxylic acids is 1. The van der Waals surface area contributed by atoms with E-state index in [9.17, 15) is 14.7 Å². The molecular weight excluding hydrogens is 284 g/mol. The maximum Gasteiger partial charge on any atom is 0.339 e. The van der Waals surface area contributed by atoms with Gasteiger partial charge in [-0.3, -0.25) is 0 Å². The number of hydrogen-bond donors (Lipinski definition) is 1. The highest BCUT2D eigenvalue weighted by molar-refractivity contribution is 5.95. The van der Waals surface area contributed by atoms with E-state index < -0.39 is 11.9 Å². The zero-order valence-electron chi connectivity index (χ0n) is 12.1. The molecule has 0 aromatic heterocycles. The average molecular weight is 300 g/mol. The Morgan fingerprint density at radius 1 is 1.09 bits per heavy atom. The summed E-state index contributed by atoms with van der Waals surface area (Å²) in [7, 11) is 0. The predicted molar refractivity (Wildman–Crippen MR) is 80.1 cm³/mol. The van der Waals surface area contributed by atoms with Crippen LogP contribution in [0, 0.1) is 0 Å². The van der Waals surface area contributed by atoms with E-state index in [0.717, 1.165) is 5.56 Å². The van der Waals surface area contributed by atoms with Gasteiger partial charge in [0.25, 0.3) is 0 Å². The molecule has 0 saturated heterocycles. The Morgan fingerprint density at radius 2 is 1.82 bits per heavy atom. The predicted octanol–water partition coefficient (Wildman–Crippen LogP) is 3.14. The zero-order chi connectivity index (χ0) is 15.9. The summed E-state index contributed by atoms with van der Waals surface area (Å²) in [4.78, 5) is 23.0. The number of carboxylic acid groups (broad SMARTS) is 1. The second-order valence-electron chi connectivity index (χ2n) is 4.51. The Labute approximate surface area is 128 Å². The third-order valence-corrected chi connectivity index (χ3v) is 2.96. The van der Waals surface area contributed by atoms with Crippen LogP contribution in [0.1, 0.15) is 33.2 Å². The molecule has 0 aliphatic rings. The minimum absolute atomic E-state index is 0.00368. The first kappa shape index (κ1) is 15.6. The number of carbonyl (C=O) groups is 2. The summed E-state index contributed by atoms with van der Waals surface area (Å²) in [6, 6.07) is 13.5. The van der Waals surface area contributed by atoms with Crippen LogP contribution in [0.3, 0.4) is 0 Å². The molecule has 114 valence electrons. The van der Waals surface area contributed by atoms with E-state index in [4.69, 9.17) is 9.47 Å². The lowest BCUT2D eigenvalue weighted by molar-refractivity contribution is 0.0524. The number of ether oxygens (including phenoxy) is 2. The summed E-state index contributed by atoms with van der Waals surface area (Å²) in [5.74, 6) is -1.48. The molecule has 0 radical (unpaired) electrons. The number of hydrogen-bond acceptors (Lipinski definition) is 4. The van der Waals surface area contributed by atoms with Gasteiger partial charge in [0, 0.05) is 0 Å². The molecular formula is C17H16O5. The van der Waals surface area contributed by atoms with E-state index in [1.165, 1.54) is 18.2 Å². The maximum absolute atomic E-state index is 11.7. The van der Waals surface area contributed by atoms with E-state index in [-0.39, 0.29) is 30.1 Å². The molecule has 5 heteroatoms. The van der Waals surface area contributed by atoms with Crippen molar-refractivity contribution < 1.29 is 24.2 Å². The van der Waals surface area contributed by atoms with E-state index in [1.54, 1.807) is 6.92 Å². The van der Waals surface area contributed by atoms with Gasteiger partial charge in [0.05, 0.1) is 12.2 Å². The normalized spacial score (nSPS) is 10.0. The molecule has 0 fully saturated rings. The van der Waals surface area contributed by atoms with E-state index in [0.29, 0.717) is 0 Å². The molecule has 22 heavy (non-hydrogen) atoms. The van der Waals surface area contributed by atoms with Gasteiger partial charge >= 0.3 is 11.9 Å². The van der Waals surface area contributed by atoms with Crippen LogP contribution in [-0.2, 0) is 11.3 Å². The van der Waals surface area contributed by atoms with Gasteiger partial charge in [-0.05, 0) is 30.7 Å². The van der Waals surface area contributed by atoms with E-state index >= 15 is 0 Å². The molecule has 0 unspecified atom stereocenters. The summed E-state index contributed by atoms with van der Waals surface area (Å²) in [6.07, 6.45) is 0. The molecule has 2 aromatic rings. The third-order valence-electron chi connectivity index (χ3n) is 2.96. The Bertz CT molecular complexity index is 664. The van der Waals surface area contributed by atoms with Gasteiger partial charge in [-0.1, -0.05) is 30.3 Å². The zero-order valence-corrected chi connectivity index (χ0v) is 12.1. The monoisotopic (exact) mass is 300 g/mol. The van der Waals surface area contributed by atoms with Crippen LogP contribution in [0.4, 0.5) is 0 Å². The Kier molecular flexibility index (Phi) is 5.14. The number of rotatable bonds is 6. The van der Waals surface area contributed by atoms with Gasteiger partial charge in [0.1, 0.15) is 17.9 Å². The Hall–Kier alpha value is -2.82. The van der Waals surface area contributed by atoms with Gasteiger partial charge in [-0.15, -0.1) is 0 Å². The lowest BCUT2D eigenvalue weighted by Gasteiger charge is -2.11. The molecule has 0 heterocycles. The molecule has 0 bridgehead atoms. The molecule has 2 rings (SSSR count). The summed E-state index contributed by atoms with van der Waals surface area (Å²) >= 11 is 0. The average Bonchev–Trinajstić information content (AvgIpc) is 2.53. The molecule has 2 aromatic carbocycles. The standard InChI is InChI=1S/C17H16O5/c1-2-21-17(20)13-8-9-14(16(18)19)15(10-13)22-11-12-6-4-3-5-7-12/h3-10H,2,11H2,1H3,(H,18,19). The van der Waals surface area contributed by atoms with Gasteiger partial charge in [0.15, 0.2) is 0 Å². The van der Waals surface area contributed by atoms with Crippen molar-refractivity contribution in [3.63, 3.8) is 0 Å². The highest BCUT2D eigenvalue weighted by Crippen LogP contribution is 2.22. The van der Waals surface area contributed by atoms with Crippen molar-refractivity contribution in [1.82, 2.24) is 0 Å². The van der Waals surface area contributed by atoms with Crippen LogP contribution < -0.4 is 4.74 Å². The van der Waals surface area contributed by atoms with Crippen molar-refractivity contribution >= 4 is 11.9 Å². The topological polar surface area (TPSA) is 72.8 Å². The number of carboxylic acids is 1. The second-order valence-corrected chi connectivity index (χ2v) is 4.51. The summed E-state index contributed by atoms with van der Waals surface area (Å²) < 4.78 is 10.5. The molecule has 5 nitrogen and oxygen atoms in total. The van der Waals surface area contributed by atoms with E-state index in [1.807, 2.05) is 30.3 Å². The van der Waals surface area contributed by atoms with Gasteiger partial charge in [0.2, 0.25) is 0 Å². The van der Waals surface area contributed by atoms with E-state index in [2.05, 4.69) is 0 Å². The summed E-state index contributed by atoms with van der Waals surface area (Å²) in [5.41, 5.74) is 1.17. The largest absolute Gasteiger partial charge is 0.488 e. The number of aromatic carboxylic acids is 1. The van der Waals surface area contributed by atoms with Crippen LogP contribution in [0.25, 0.3) is 0 Å². The lowest BCUT2D eigenvalue weighted by Crippen LogP contribution is -2.08. The minimum Gasteiger partial charge on any atom is -0.488 e. The smallest absolute Gasteiger partial charge is 0.339 e. The minimum atomic E-state index is -1.11. The Balaban J connectivity index is 2.24. The summed E-state index contributed by atoms with van der Waals surface area (Å²) in [6.45, 7) is 2.17. The van der Waals surface area contributed by atoms with Crippen molar-refractivity contribution in [2.75, 3.05) is 6.61 Å². The lowest BCUT2D eigenvalue weighted by atomic mass is 10.1. The number of benzene rings is 2. The van der Waals surface area contributed by atoms with Gasteiger partial charge in [-0.25, -0.2) is 9.59 Å². The van der Waals surface area contributed by atoms with Gasteiger partial charge in [-0.2, -0.15) is 0 Å². The Morgan fingerprint density at radius 3 is 2.45 bits per heavy atom. The second kappa shape index (κ2) is 7.26. The quantitative estimate of drug-likeness (QED) is 0.830. The van der Waals surface area contributed by atoms with Crippen molar-refractivity contribution in [1.29, 1.82) is 0 Å². The van der Waals surface area contributed by atoms with Crippen molar-refractivity contribution in [3.05, 3.63) is 65.2 Å². The maximum atomic E-state index is 11.7. The van der Waals surface area contributed by atoms with Crippen molar-refractivity contribution in [2.24, 2.45) is 0 Å². The molecule has 1 N–H and O–H groups in total. The molecule has 0 amide bonds. The SMILES string of the molecule is CCOC(=O)c1ccc(C(=O)O)c(OCc2ccccc2)c1. The molecule has 0 saturated carbocycles. The summed E-state index contributed by atoms with van der Waals surface area (Å²) in [5, 5.41) is 9.20. The molecule has 0 atom stereocenters. The van der Waals surface area contributed by atoms with Crippen molar-refractivity contribution in [2.45, 2.75) is 13.5 Å². The highest BCUT2D eigenvalue weighted by Gasteiger charge is 2.16. The fraction of sp³-hybridized carbons (Fsp3) is 0.176. The first-order chi connectivity index (χ1) is 10.6. The fourth-order valence-corrected chi connectivity index (χ4v) is 1.90. The first-order valence-electron chi connectivity index (χ1n) is 6.83. The van der Waals surface area contributed by atoms with Crippen LogP contribution in [0.5, 0.6) is 5.75 Å². The molecule has 0 spiro atoms. The molecule has 0 aliphatic carbocycles. The van der Waals surface area contributed by atoms with Crippen LogP contribution in [0.15, 0.2) is 48.5 Å². The van der Waals surface area contributed by atoms with Gasteiger partial charge < -0.3 is 14.6 Å². The van der Waals surface area contributed by atoms with Crippen molar-refractivity contribution in [3.8, 4) is 5.75 Å².